The molecule has 1 aromatic rings. The topological polar surface area (TPSA) is 23.6 Å². The third-order valence-corrected chi connectivity index (χ3v) is 4.44. The number of amides is 1. The molecule has 5 heteroatoms. The van der Waals surface area contributed by atoms with E-state index in [4.69, 9.17) is 23.2 Å². The molecule has 0 saturated carbocycles. The van der Waals surface area contributed by atoms with E-state index in [1.165, 1.54) is 0 Å². The molecular weight excluding hydrogens is 295 g/mol. The average molecular weight is 315 g/mol. The molecule has 110 valence electrons. The largest absolute Gasteiger partial charge is 0.340 e. The van der Waals surface area contributed by atoms with Crippen LogP contribution in [0.15, 0.2) is 12.1 Å². The van der Waals surface area contributed by atoms with Gasteiger partial charge in [0.25, 0.3) is 0 Å². The van der Waals surface area contributed by atoms with Crippen LogP contribution >= 0.6 is 23.2 Å². The van der Waals surface area contributed by atoms with Crippen molar-refractivity contribution >= 4 is 29.1 Å². The van der Waals surface area contributed by atoms with Gasteiger partial charge in [0.1, 0.15) is 0 Å². The van der Waals surface area contributed by atoms with Gasteiger partial charge >= 0.3 is 0 Å². The molecule has 1 aliphatic rings. The molecule has 0 aliphatic carbocycles. The van der Waals surface area contributed by atoms with E-state index in [0.717, 1.165) is 43.7 Å². The lowest BCUT2D eigenvalue weighted by molar-refractivity contribution is -0.132. The summed E-state index contributed by atoms with van der Waals surface area (Å²) in [7, 11) is 2.07. The van der Waals surface area contributed by atoms with Gasteiger partial charge in [0.05, 0.1) is 6.42 Å². The summed E-state index contributed by atoms with van der Waals surface area (Å²) in [6.07, 6.45) is 1.16. The quantitative estimate of drug-likeness (QED) is 0.856. The molecule has 0 radical (unpaired) electrons. The summed E-state index contributed by atoms with van der Waals surface area (Å²) in [6, 6.07) is 3.72. The van der Waals surface area contributed by atoms with Gasteiger partial charge in [-0.25, -0.2) is 0 Å². The summed E-state index contributed by atoms with van der Waals surface area (Å²) in [5, 5.41) is 1.31. The first-order valence-corrected chi connectivity index (χ1v) is 7.70. The van der Waals surface area contributed by atoms with Crippen LogP contribution in [-0.2, 0) is 17.6 Å². The van der Waals surface area contributed by atoms with Crippen LogP contribution in [-0.4, -0.2) is 48.9 Å². The average Bonchev–Trinajstić information content (AvgIpc) is 2.39. The van der Waals surface area contributed by atoms with E-state index in [0.29, 0.717) is 16.5 Å². The molecule has 1 saturated heterocycles. The number of carbonyl (C=O) groups is 1. The molecule has 0 spiro atoms. The lowest BCUT2D eigenvalue weighted by Gasteiger charge is -2.32. The van der Waals surface area contributed by atoms with Gasteiger partial charge in [0.2, 0.25) is 5.91 Å². The number of nitrogens with zero attached hydrogens (tertiary/aromatic N) is 2. The first-order valence-electron chi connectivity index (χ1n) is 6.94. The SMILES string of the molecule is CCc1c(Cl)cc(CC(=O)N2CCN(C)CC2)cc1Cl. The van der Waals surface area contributed by atoms with Crippen LogP contribution in [0.4, 0.5) is 0 Å². The molecule has 2 rings (SSSR count). The Bertz CT molecular complexity index is 474. The van der Waals surface area contributed by atoms with Gasteiger partial charge in [-0.1, -0.05) is 30.1 Å². The molecule has 1 amide bonds. The Labute approximate surface area is 130 Å². The Morgan fingerprint density at radius 2 is 1.70 bits per heavy atom. The first-order chi connectivity index (χ1) is 9.51. The highest BCUT2D eigenvalue weighted by Gasteiger charge is 2.19. The summed E-state index contributed by atoms with van der Waals surface area (Å²) < 4.78 is 0. The van der Waals surface area contributed by atoms with Crippen molar-refractivity contribution in [1.29, 1.82) is 0 Å². The van der Waals surface area contributed by atoms with Crippen molar-refractivity contribution < 1.29 is 4.79 Å². The van der Waals surface area contributed by atoms with Crippen molar-refractivity contribution in [1.82, 2.24) is 9.80 Å². The number of benzene rings is 1. The van der Waals surface area contributed by atoms with Crippen LogP contribution in [0, 0.1) is 0 Å². The number of hydrogen-bond acceptors (Lipinski definition) is 2. The number of hydrogen-bond donors (Lipinski definition) is 0. The van der Waals surface area contributed by atoms with Gasteiger partial charge in [-0.05, 0) is 36.7 Å². The third-order valence-electron chi connectivity index (χ3n) is 3.77. The van der Waals surface area contributed by atoms with Gasteiger partial charge in [-0.3, -0.25) is 4.79 Å². The zero-order chi connectivity index (χ0) is 14.7. The summed E-state index contributed by atoms with van der Waals surface area (Å²) in [4.78, 5) is 16.4. The molecule has 1 fully saturated rings. The fourth-order valence-electron chi connectivity index (χ4n) is 2.44. The van der Waals surface area contributed by atoms with Crippen LogP contribution < -0.4 is 0 Å². The maximum absolute atomic E-state index is 12.3. The van der Waals surface area contributed by atoms with E-state index in [1.54, 1.807) is 0 Å². The van der Waals surface area contributed by atoms with Gasteiger partial charge < -0.3 is 9.80 Å². The van der Waals surface area contributed by atoms with E-state index in [2.05, 4.69) is 11.9 Å². The minimum absolute atomic E-state index is 0.148. The highest BCUT2D eigenvalue weighted by molar-refractivity contribution is 6.36. The number of likely N-dealkylation sites (N-methyl/N-ethyl adjacent to an activating group) is 1. The van der Waals surface area contributed by atoms with Crippen LogP contribution in [0.3, 0.4) is 0 Å². The monoisotopic (exact) mass is 314 g/mol. The van der Waals surface area contributed by atoms with Crippen molar-refractivity contribution in [3.63, 3.8) is 0 Å². The molecule has 1 aromatic carbocycles. The van der Waals surface area contributed by atoms with Crippen molar-refractivity contribution in [3.8, 4) is 0 Å². The Morgan fingerprint density at radius 1 is 1.15 bits per heavy atom. The van der Waals surface area contributed by atoms with Gasteiger partial charge in [0, 0.05) is 36.2 Å². The van der Waals surface area contributed by atoms with Crippen LogP contribution in [0.2, 0.25) is 10.0 Å². The summed E-state index contributed by atoms with van der Waals surface area (Å²) in [5.74, 6) is 0.148. The zero-order valence-electron chi connectivity index (χ0n) is 12.0. The molecule has 0 N–H and O–H groups in total. The fourth-order valence-corrected chi connectivity index (χ4v) is 3.24. The molecule has 0 unspecified atom stereocenters. The Hall–Kier alpha value is -0.770. The normalized spacial score (nSPS) is 16.5. The molecule has 0 atom stereocenters. The molecule has 1 aliphatic heterocycles. The Balaban J connectivity index is 2.04. The smallest absolute Gasteiger partial charge is 0.227 e. The maximum atomic E-state index is 12.3. The molecule has 20 heavy (non-hydrogen) atoms. The lowest BCUT2D eigenvalue weighted by Crippen LogP contribution is -2.47. The number of carbonyl (C=O) groups excluding carboxylic acids is 1. The standard InChI is InChI=1S/C15H20Cl2N2O/c1-3-12-13(16)8-11(9-14(12)17)10-15(20)19-6-4-18(2)5-7-19/h8-9H,3-7,10H2,1-2H3. The molecule has 3 nitrogen and oxygen atoms in total. The molecular formula is C15H20Cl2N2O. The lowest BCUT2D eigenvalue weighted by atomic mass is 10.1. The summed E-state index contributed by atoms with van der Waals surface area (Å²) in [5.41, 5.74) is 1.84. The van der Waals surface area contributed by atoms with E-state index < -0.39 is 0 Å². The van der Waals surface area contributed by atoms with Gasteiger partial charge in [-0.15, -0.1) is 0 Å². The van der Waals surface area contributed by atoms with Crippen molar-refractivity contribution in [2.24, 2.45) is 0 Å². The first kappa shape index (κ1) is 15.6. The van der Waals surface area contributed by atoms with Crippen molar-refractivity contribution in [3.05, 3.63) is 33.3 Å². The maximum Gasteiger partial charge on any atom is 0.227 e. The van der Waals surface area contributed by atoms with E-state index in [9.17, 15) is 4.79 Å². The van der Waals surface area contributed by atoms with Crippen molar-refractivity contribution in [2.45, 2.75) is 19.8 Å². The van der Waals surface area contributed by atoms with Crippen LogP contribution in [0.25, 0.3) is 0 Å². The van der Waals surface area contributed by atoms with E-state index >= 15 is 0 Å². The van der Waals surface area contributed by atoms with Crippen LogP contribution in [0.1, 0.15) is 18.1 Å². The van der Waals surface area contributed by atoms with E-state index in [-0.39, 0.29) is 5.91 Å². The second-order valence-corrected chi connectivity index (χ2v) is 6.07. The fraction of sp³-hybridized carbons (Fsp3) is 0.533. The zero-order valence-corrected chi connectivity index (χ0v) is 13.5. The summed E-state index contributed by atoms with van der Waals surface area (Å²) in [6.45, 7) is 5.47. The second-order valence-electron chi connectivity index (χ2n) is 5.25. The number of halogens is 2. The molecule has 0 bridgehead atoms. The van der Waals surface area contributed by atoms with Crippen molar-refractivity contribution in [2.75, 3.05) is 33.2 Å². The minimum atomic E-state index is 0.148. The van der Waals surface area contributed by atoms with E-state index in [1.807, 2.05) is 24.0 Å². The highest BCUT2D eigenvalue weighted by atomic mass is 35.5. The Kier molecular flexibility index (Phi) is 5.30. The third kappa shape index (κ3) is 3.66. The van der Waals surface area contributed by atoms with Crippen LogP contribution in [0.5, 0.6) is 0 Å². The highest BCUT2D eigenvalue weighted by Crippen LogP contribution is 2.27. The minimum Gasteiger partial charge on any atom is -0.340 e. The van der Waals surface area contributed by atoms with Gasteiger partial charge in [0.15, 0.2) is 0 Å². The number of rotatable bonds is 3. The Morgan fingerprint density at radius 3 is 2.20 bits per heavy atom. The number of piperazine rings is 1. The molecule has 0 aromatic heterocycles. The summed E-state index contributed by atoms with van der Waals surface area (Å²) >= 11 is 12.4. The predicted octanol–water partition coefficient (Wildman–Crippen LogP) is 2.87. The predicted molar refractivity (Wildman–Crippen MR) is 83.6 cm³/mol. The second kappa shape index (κ2) is 6.79. The molecule has 1 heterocycles. The van der Waals surface area contributed by atoms with Gasteiger partial charge in [-0.2, -0.15) is 0 Å².